The van der Waals surface area contributed by atoms with Crippen LogP contribution in [-0.2, 0) is 13.0 Å². The van der Waals surface area contributed by atoms with Crippen LogP contribution in [0.5, 0.6) is 0 Å². The minimum Gasteiger partial charge on any atom is -0.360 e. The number of hydrogen-bond donors (Lipinski definition) is 0. The van der Waals surface area contributed by atoms with Crippen LogP contribution in [0.3, 0.4) is 0 Å². The second-order valence-electron chi connectivity index (χ2n) is 8.64. The smallest absolute Gasteiger partial charge is 0.266 e. The van der Waals surface area contributed by atoms with Gasteiger partial charge in [-0.3, -0.25) is 4.90 Å². The summed E-state index contributed by atoms with van der Waals surface area (Å²) in [6.07, 6.45) is 2.24. The third-order valence-electron chi connectivity index (χ3n) is 6.44. The Bertz CT molecular complexity index is 969. The van der Waals surface area contributed by atoms with E-state index in [9.17, 15) is 0 Å². The third-order valence-corrected chi connectivity index (χ3v) is 6.44. The predicted molar refractivity (Wildman–Crippen MR) is 108 cm³/mol. The van der Waals surface area contributed by atoms with E-state index in [0.717, 1.165) is 63.0 Å². The molecule has 0 radical (unpaired) electrons. The number of rotatable bonds is 6. The zero-order valence-corrected chi connectivity index (χ0v) is 17.0. The van der Waals surface area contributed by atoms with Gasteiger partial charge < -0.3 is 13.9 Å². The fourth-order valence-electron chi connectivity index (χ4n) is 5.09. The van der Waals surface area contributed by atoms with Crippen LogP contribution < -0.4 is 4.90 Å². The van der Waals surface area contributed by atoms with Crippen molar-refractivity contribution in [1.29, 1.82) is 0 Å². The van der Waals surface area contributed by atoms with Crippen molar-refractivity contribution in [2.45, 2.75) is 33.2 Å². The molecule has 0 spiro atoms. The van der Waals surface area contributed by atoms with E-state index in [2.05, 4.69) is 55.4 Å². The summed E-state index contributed by atoms with van der Waals surface area (Å²) in [6.45, 7) is 8.69. The number of likely N-dealkylation sites (tertiary alicyclic amines) is 1. The van der Waals surface area contributed by atoms with Gasteiger partial charge in [0.15, 0.2) is 5.76 Å². The van der Waals surface area contributed by atoms with Crippen molar-refractivity contribution < 1.29 is 9.05 Å². The van der Waals surface area contributed by atoms with Gasteiger partial charge in [-0.1, -0.05) is 35.5 Å². The number of aryl methyl sites for hydroxylation is 3. The third kappa shape index (κ3) is 3.67. The highest BCUT2D eigenvalue weighted by atomic mass is 16.5. The molecule has 0 aliphatic carbocycles. The molecule has 7 nitrogen and oxygen atoms in total. The van der Waals surface area contributed by atoms with Crippen molar-refractivity contribution in [2.75, 3.05) is 31.1 Å². The van der Waals surface area contributed by atoms with Gasteiger partial charge in [-0.05, 0) is 36.4 Å². The average Bonchev–Trinajstić information content (AvgIpc) is 3.45. The number of fused-ring (bicyclic) bond motifs is 1. The van der Waals surface area contributed by atoms with Crippen LogP contribution in [0.2, 0.25) is 0 Å². The largest absolute Gasteiger partial charge is 0.360 e. The van der Waals surface area contributed by atoms with Gasteiger partial charge in [-0.2, -0.15) is 4.98 Å². The number of aromatic nitrogens is 3. The highest BCUT2D eigenvalue weighted by Gasteiger charge is 2.52. The zero-order valence-electron chi connectivity index (χ0n) is 17.0. The summed E-state index contributed by atoms with van der Waals surface area (Å²) < 4.78 is 10.7. The highest BCUT2D eigenvalue weighted by molar-refractivity contribution is 5.34. The lowest BCUT2D eigenvalue weighted by molar-refractivity contribution is 0.224. The lowest BCUT2D eigenvalue weighted by atomic mass is 9.76. The Labute approximate surface area is 170 Å². The first-order chi connectivity index (χ1) is 14.1. The van der Waals surface area contributed by atoms with Gasteiger partial charge in [-0.25, -0.2) is 0 Å². The lowest BCUT2D eigenvalue weighted by Gasteiger charge is -2.29. The molecule has 1 aromatic carbocycles. The van der Waals surface area contributed by atoms with E-state index in [4.69, 9.17) is 9.05 Å². The van der Waals surface area contributed by atoms with Gasteiger partial charge in [0.25, 0.3) is 5.95 Å². The Balaban J connectivity index is 1.34. The molecule has 2 unspecified atom stereocenters. The average molecular weight is 393 g/mol. The standard InChI is InChI=1S/C22H27N5O2/c1-16-10-20(29-24-16)13-26-11-19-12-27(21-23-17(2)28-25-21)15-22(19,14-26)9-8-18-6-4-3-5-7-18/h3-7,10,19H,8-9,11-15H2,1-2H3. The number of anilines is 1. The molecule has 0 saturated carbocycles. The summed E-state index contributed by atoms with van der Waals surface area (Å²) in [5.74, 6) is 2.88. The van der Waals surface area contributed by atoms with Crippen molar-refractivity contribution in [3.05, 3.63) is 59.3 Å². The molecule has 2 aromatic heterocycles. The van der Waals surface area contributed by atoms with Gasteiger partial charge in [0.05, 0.1) is 12.2 Å². The van der Waals surface area contributed by atoms with Crippen LogP contribution in [0, 0.1) is 25.2 Å². The van der Waals surface area contributed by atoms with Crippen molar-refractivity contribution >= 4 is 5.95 Å². The molecule has 0 N–H and O–H groups in total. The quantitative estimate of drug-likeness (QED) is 0.636. The topological polar surface area (TPSA) is 71.4 Å². The van der Waals surface area contributed by atoms with Crippen molar-refractivity contribution in [1.82, 2.24) is 20.2 Å². The molecular formula is C22H27N5O2. The summed E-state index contributed by atoms with van der Waals surface area (Å²) >= 11 is 0. The van der Waals surface area contributed by atoms with E-state index in [-0.39, 0.29) is 5.41 Å². The van der Waals surface area contributed by atoms with Gasteiger partial charge in [-0.15, -0.1) is 0 Å². The maximum atomic E-state index is 5.47. The highest BCUT2D eigenvalue weighted by Crippen LogP contribution is 2.47. The lowest BCUT2D eigenvalue weighted by Crippen LogP contribution is -2.35. The fourth-order valence-corrected chi connectivity index (χ4v) is 5.09. The summed E-state index contributed by atoms with van der Waals surface area (Å²) in [4.78, 5) is 9.30. The van der Waals surface area contributed by atoms with Crippen molar-refractivity contribution in [3.8, 4) is 0 Å². The molecule has 0 bridgehead atoms. The minimum absolute atomic E-state index is 0.222. The molecule has 152 valence electrons. The summed E-state index contributed by atoms with van der Waals surface area (Å²) in [5.41, 5.74) is 2.56. The van der Waals surface area contributed by atoms with Crippen LogP contribution in [0.4, 0.5) is 5.95 Å². The molecule has 3 aromatic rings. The molecule has 0 amide bonds. The molecule has 2 atom stereocenters. The first-order valence-corrected chi connectivity index (χ1v) is 10.3. The minimum atomic E-state index is 0.222. The van der Waals surface area contributed by atoms with Gasteiger partial charge in [0, 0.05) is 44.6 Å². The molecule has 4 heterocycles. The van der Waals surface area contributed by atoms with Crippen molar-refractivity contribution in [2.24, 2.45) is 11.3 Å². The molecule has 2 saturated heterocycles. The monoisotopic (exact) mass is 393 g/mol. The normalized spacial score (nSPS) is 24.3. The summed E-state index contributed by atoms with van der Waals surface area (Å²) in [7, 11) is 0. The molecule has 2 aliphatic heterocycles. The summed E-state index contributed by atoms with van der Waals surface area (Å²) in [6, 6.07) is 12.8. The molecule has 2 fully saturated rings. The zero-order chi connectivity index (χ0) is 19.8. The molecular weight excluding hydrogens is 366 g/mol. The number of hydrogen-bond acceptors (Lipinski definition) is 7. The fraction of sp³-hybridized carbons (Fsp3) is 0.500. The maximum absolute atomic E-state index is 5.47. The second-order valence-corrected chi connectivity index (χ2v) is 8.64. The van der Waals surface area contributed by atoms with Gasteiger partial charge in [0.2, 0.25) is 5.89 Å². The number of benzene rings is 1. The van der Waals surface area contributed by atoms with Gasteiger partial charge >= 0.3 is 0 Å². The van der Waals surface area contributed by atoms with Crippen molar-refractivity contribution in [3.63, 3.8) is 0 Å². The maximum Gasteiger partial charge on any atom is 0.266 e. The molecule has 2 aliphatic rings. The van der Waals surface area contributed by atoms with E-state index in [1.54, 1.807) is 0 Å². The Kier molecular flexibility index (Phi) is 4.62. The first kappa shape index (κ1) is 18.4. The van der Waals surface area contributed by atoms with Crippen LogP contribution in [0.1, 0.15) is 29.3 Å². The van der Waals surface area contributed by atoms with Crippen LogP contribution in [-0.4, -0.2) is 46.4 Å². The van der Waals surface area contributed by atoms with Crippen LogP contribution in [0.15, 0.2) is 45.4 Å². The number of nitrogens with zero attached hydrogens (tertiary/aromatic N) is 5. The van der Waals surface area contributed by atoms with Crippen LogP contribution >= 0.6 is 0 Å². The Morgan fingerprint density at radius 3 is 2.66 bits per heavy atom. The molecule has 7 heteroatoms. The first-order valence-electron chi connectivity index (χ1n) is 10.3. The van der Waals surface area contributed by atoms with E-state index in [1.807, 2.05) is 19.9 Å². The SMILES string of the molecule is Cc1cc(CN2CC3CN(c4noc(C)n4)CC3(CCc3ccccc3)C2)on1. The van der Waals surface area contributed by atoms with E-state index >= 15 is 0 Å². The predicted octanol–water partition coefficient (Wildman–Crippen LogP) is 3.25. The Hall–Kier alpha value is -2.67. The van der Waals surface area contributed by atoms with E-state index < -0.39 is 0 Å². The van der Waals surface area contributed by atoms with E-state index in [1.165, 1.54) is 5.56 Å². The Morgan fingerprint density at radius 1 is 1.07 bits per heavy atom. The van der Waals surface area contributed by atoms with Crippen LogP contribution in [0.25, 0.3) is 0 Å². The second kappa shape index (κ2) is 7.30. The van der Waals surface area contributed by atoms with E-state index in [0.29, 0.717) is 11.8 Å². The van der Waals surface area contributed by atoms with Gasteiger partial charge in [0.1, 0.15) is 0 Å². The summed E-state index contributed by atoms with van der Waals surface area (Å²) in [5, 5.41) is 8.21. The Morgan fingerprint density at radius 2 is 1.93 bits per heavy atom. The molecule has 29 heavy (non-hydrogen) atoms. The molecule has 5 rings (SSSR count).